The summed E-state index contributed by atoms with van der Waals surface area (Å²) < 4.78 is 16.0. The van der Waals surface area contributed by atoms with Crippen molar-refractivity contribution >= 4 is 17.7 Å². The fourth-order valence-electron chi connectivity index (χ4n) is 0.636. The van der Waals surface area contributed by atoms with Crippen LogP contribution in [-0.2, 0) is 9.53 Å². The monoisotopic (exact) mass is 195 g/mol. The lowest BCUT2D eigenvalue weighted by Crippen LogP contribution is -2.32. The van der Waals surface area contributed by atoms with Crippen molar-refractivity contribution in [2.75, 3.05) is 25.3 Å². The largest absolute Gasteiger partial charge is 0.468 e. The van der Waals surface area contributed by atoms with Gasteiger partial charge < -0.3 is 10.5 Å². The minimum absolute atomic E-state index is 0.335. The Morgan fingerprint density at radius 1 is 1.67 bits per heavy atom. The van der Waals surface area contributed by atoms with E-state index in [4.69, 9.17) is 5.73 Å². The Labute approximate surface area is 75.8 Å². The number of halogens is 1. The van der Waals surface area contributed by atoms with Gasteiger partial charge in [0.15, 0.2) is 0 Å². The molecule has 1 atom stereocenters. The minimum Gasteiger partial charge on any atom is -0.468 e. The van der Waals surface area contributed by atoms with Crippen molar-refractivity contribution in [1.29, 1.82) is 0 Å². The summed E-state index contributed by atoms with van der Waals surface area (Å²) in [5.41, 5.74) is 5.43. The molecule has 0 saturated heterocycles. The summed E-state index contributed by atoms with van der Waals surface area (Å²) in [6.45, 7) is -0.335. The number of carbonyl (C=O) groups is 1. The summed E-state index contributed by atoms with van der Waals surface area (Å²) >= 11 is 1.45. The summed E-state index contributed by atoms with van der Waals surface area (Å²) in [5.74, 6) is 0.754. The molecule has 0 aliphatic heterocycles. The number of methoxy groups -OCH3 is 1. The Hall–Kier alpha value is -0.290. The number of thioether (sulfide) groups is 1. The molecule has 0 fully saturated rings. The number of nitrogens with two attached hydrogens (primary N) is 1. The van der Waals surface area contributed by atoms with E-state index in [0.717, 1.165) is 0 Å². The van der Waals surface area contributed by atoms with E-state index in [9.17, 15) is 9.18 Å². The van der Waals surface area contributed by atoms with E-state index in [0.29, 0.717) is 17.9 Å². The minimum atomic E-state index is -0.567. The highest BCUT2D eigenvalue weighted by molar-refractivity contribution is 7.99. The van der Waals surface area contributed by atoms with Gasteiger partial charge in [0.1, 0.15) is 6.04 Å². The second-order valence-electron chi connectivity index (χ2n) is 2.22. The number of rotatable bonds is 6. The molecule has 0 spiro atoms. The lowest BCUT2D eigenvalue weighted by molar-refractivity contribution is -0.142. The predicted octanol–water partition coefficient (Wildman–Crippen LogP) is 0.579. The number of carbonyl (C=O) groups excluding carboxylic acids is 1. The molecular formula is C7H14FNO2S. The van der Waals surface area contributed by atoms with Gasteiger partial charge in [0.2, 0.25) is 0 Å². The van der Waals surface area contributed by atoms with E-state index in [1.54, 1.807) is 0 Å². The van der Waals surface area contributed by atoms with Crippen LogP contribution in [-0.4, -0.2) is 37.3 Å². The zero-order chi connectivity index (χ0) is 9.40. The van der Waals surface area contributed by atoms with E-state index in [1.807, 2.05) is 0 Å². The quantitative estimate of drug-likeness (QED) is 0.497. The van der Waals surface area contributed by atoms with Crippen LogP contribution in [0.3, 0.4) is 0 Å². The molecule has 0 heterocycles. The molecule has 0 bridgehead atoms. The predicted molar refractivity (Wildman–Crippen MR) is 47.9 cm³/mol. The van der Waals surface area contributed by atoms with E-state index in [-0.39, 0.29) is 6.67 Å². The van der Waals surface area contributed by atoms with Gasteiger partial charge in [0, 0.05) is 5.75 Å². The van der Waals surface area contributed by atoms with Crippen LogP contribution >= 0.6 is 11.8 Å². The number of alkyl halides is 1. The van der Waals surface area contributed by atoms with Gasteiger partial charge in [-0.25, -0.2) is 0 Å². The number of esters is 1. The van der Waals surface area contributed by atoms with Gasteiger partial charge in [-0.1, -0.05) is 0 Å². The highest BCUT2D eigenvalue weighted by atomic mass is 32.2. The molecule has 2 N–H and O–H groups in total. The third-order valence-electron chi connectivity index (χ3n) is 1.30. The van der Waals surface area contributed by atoms with Crippen molar-refractivity contribution in [3.63, 3.8) is 0 Å². The first-order chi connectivity index (χ1) is 5.72. The molecule has 0 aliphatic rings. The normalized spacial score (nSPS) is 12.6. The molecule has 5 heteroatoms. The van der Waals surface area contributed by atoms with Crippen molar-refractivity contribution in [3.8, 4) is 0 Å². The molecule has 0 aromatic rings. The van der Waals surface area contributed by atoms with Crippen LogP contribution in [0, 0.1) is 0 Å². The molecule has 0 saturated carbocycles. The lowest BCUT2D eigenvalue weighted by atomic mass is 10.2. The van der Waals surface area contributed by atoms with Crippen LogP contribution in [0.1, 0.15) is 6.42 Å². The van der Waals surface area contributed by atoms with Crippen molar-refractivity contribution in [3.05, 3.63) is 0 Å². The second-order valence-corrected chi connectivity index (χ2v) is 3.44. The van der Waals surface area contributed by atoms with Gasteiger partial charge in [0.25, 0.3) is 0 Å². The Balaban J connectivity index is 3.31. The van der Waals surface area contributed by atoms with Crippen molar-refractivity contribution in [2.45, 2.75) is 12.5 Å². The SMILES string of the molecule is COC(=O)C(N)CCSCCF. The highest BCUT2D eigenvalue weighted by Gasteiger charge is 2.12. The van der Waals surface area contributed by atoms with Crippen LogP contribution in [0.2, 0.25) is 0 Å². The van der Waals surface area contributed by atoms with Gasteiger partial charge in [-0.3, -0.25) is 9.18 Å². The molecule has 0 radical (unpaired) electrons. The molecule has 1 unspecified atom stereocenters. The molecular weight excluding hydrogens is 181 g/mol. The van der Waals surface area contributed by atoms with Gasteiger partial charge in [0.05, 0.1) is 13.8 Å². The molecule has 3 nitrogen and oxygen atoms in total. The number of hydrogen-bond acceptors (Lipinski definition) is 4. The molecule has 0 aromatic heterocycles. The maximum absolute atomic E-state index is 11.6. The molecule has 0 amide bonds. The third-order valence-corrected chi connectivity index (χ3v) is 2.27. The fraction of sp³-hybridized carbons (Fsp3) is 0.857. The fourth-order valence-corrected chi connectivity index (χ4v) is 1.37. The summed E-state index contributed by atoms with van der Waals surface area (Å²) in [5, 5.41) is 0. The average Bonchev–Trinajstić information content (AvgIpc) is 2.10. The Kier molecular flexibility index (Phi) is 7.19. The Bertz CT molecular complexity index is 135. The number of hydrogen-bond donors (Lipinski definition) is 1. The third kappa shape index (κ3) is 5.37. The second kappa shape index (κ2) is 7.36. The zero-order valence-corrected chi connectivity index (χ0v) is 7.90. The molecule has 12 heavy (non-hydrogen) atoms. The molecule has 0 rings (SSSR count). The summed E-state index contributed by atoms with van der Waals surface area (Å²) in [6, 6.07) is -0.567. The van der Waals surface area contributed by atoms with Crippen molar-refractivity contribution < 1.29 is 13.9 Å². The zero-order valence-electron chi connectivity index (χ0n) is 7.09. The van der Waals surface area contributed by atoms with Gasteiger partial charge in [-0.2, -0.15) is 11.8 Å². The maximum atomic E-state index is 11.6. The first kappa shape index (κ1) is 11.7. The van der Waals surface area contributed by atoms with Crippen LogP contribution in [0.5, 0.6) is 0 Å². The summed E-state index contributed by atoms with van der Waals surface area (Å²) in [4.78, 5) is 10.7. The van der Waals surface area contributed by atoms with Gasteiger partial charge in [-0.05, 0) is 12.2 Å². The van der Waals surface area contributed by atoms with E-state index in [2.05, 4.69) is 4.74 Å². The van der Waals surface area contributed by atoms with Crippen LogP contribution in [0.4, 0.5) is 4.39 Å². The number of ether oxygens (including phenoxy) is 1. The van der Waals surface area contributed by atoms with E-state index in [1.165, 1.54) is 18.9 Å². The van der Waals surface area contributed by atoms with Crippen molar-refractivity contribution in [1.82, 2.24) is 0 Å². The average molecular weight is 195 g/mol. The van der Waals surface area contributed by atoms with Crippen molar-refractivity contribution in [2.24, 2.45) is 5.73 Å². The Morgan fingerprint density at radius 2 is 2.33 bits per heavy atom. The standard InChI is InChI=1S/C7H14FNO2S/c1-11-7(10)6(9)2-4-12-5-3-8/h6H,2-5,9H2,1H3. The van der Waals surface area contributed by atoms with Crippen LogP contribution < -0.4 is 5.73 Å². The van der Waals surface area contributed by atoms with Crippen LogP contribution in [0.25, 0.3) is 0 Å². The van der Waals surface area contributed by atoms with E-state index >= 15 is 0 Å². The highest BCUT2D eigenvalue weighted by Crippen LogP contribution is 2.04. The van der Waals surface area contributed by atoms with Crippen LogP contribution in [0.15, 0.2) is 0 Å². The molecule has 0 aromatic carbocycles. The van der Waals surface area contributed by atoms with Gasteiger partial charge >= 0.3 is 5.97 Å². The maximum Gasteiger partial charge on any atom is 0.322 e. The lowest BCUT2D eigenvalue weighted by Gasteiger charge is -2.07. The Morgan fingerprint density at radius 3 is 2.83 bits per heavy atom. The molecule has 72 valence electrons. The first-order valence-electron chi connectivity index (χ1n) is 3.69. The first-order valence-corrected chi connectivity index (χ1v) is 4.85. The van der Waals surface area contributed by atoms with Gasteiger partial charge in [-0.15, -0.1) is 0 Å². The summed E-state index contributed by atoms with van der Waals surface area (Å²) in [7, 11) is 1.30. The summed E-state index contributed by atoms with van der Waals surface area (Å²) in [6.07, 6.45) is 0.539. The topological polar surface area (TPSA) is 52.3 Å². The smallest absolute Gasteiger partial charge is 0.322 e. The van der Waals surface area contributed by atoms with E-state index < -0.39 is 12.0 Å². The molecule has 0 aliphatic carbocycles.